The number of aromatic nitrogens is 2. The third kappa shape index (κ3) is 3.95. The molecule has 0 saturated heterocycles. The smallest absolute Gasteiger partial charge is 0.175 e. The molecule has 2 nitrogen and oxygen atoms in total. The fourth-order valence-corrected chi connectivity index (χ4v) is 2.95. The van der Waals surface area contributed by atoms with Gasteiger partial charge in [0.1, 0.15) is 0 Å². The number of aryl methyl sites for hydroxylation is 2. The molecule has 0 fully saturated rings. The summed E-state index contributed by atoms with van der Waals surface area (Å²) in [4.78, 5) is 0. The fourth-order valence-electron chi connectivity index (χ4n) is 2.95. The predicted octanol–water partition coefficient (Wildman–Crippen LogP) is 3.92. The summed E-state index contributed by atoms with van der Waals surface area (Å²) in [6.07, 6.45) is 1.79. The summed E-state index contributed by atoms with van der Waals surface area (Å²) in [5.41, 5.74) is 5.41. The summed E-state index contributed by atoms with van der Waals surface area (Å²) in [7, 11) is 1.96. The van der Waals surface area contributed by atoms with E-state index < -0.39 is 0 Å². The van der Waals surface area contributed by atoms with E-state index in [0.717, 1.165) is 27.8 Å². The molecular weight excluding hydrogens is 392 g/mol. The van der Waals surface area contributed by atoms with Crippen molar-refractivity contribution < 1.29 is 37.4 Å². The van der Waals surface area contributed by atoms with Crippen LogP contribution in [0.2, 0.25) is 0 Å². The van der Waals surface area contributed by atoms with Gasteiger partial charge < -0.3 is 0 Å². The van der Waals surface area contributed by atoms with Gasteiger partial charge in [-0.15, -0.1) is 33.8 Å². The largest absolute Gasteiger partial charge is 0.183 e. The van der Waals surface area contributed by atoms with E-state index in [4.69, 9.17) is 0 Å². The maximum absolute atomic E-state index is 4.33. The van der Waals surface area contributed by atoms with E-state index in [-0.39, 0.29) is 41.1 Å². The van der Waals surface area contributed by atoms with Gasteiger partial charge in [0, 0.05) is 41.1 Å². The van der Waals surface area contributed by atoms with E-state index in [1.165, 1.54) is 10.9 Å². The molecular formula is C22H17BN2Y-. The SMILES string of the molecule is Cc1ccc(-c2[c-]c3ccccc3cc2)[c-]c1-c1cccn[n+]1C.[B].[Y]. The minimum absolute atomic E-state index is 0. The molecule has 0 amide bonds. The Morgan fingerprint density at radius 1 is 0.846 bits per heavy atom. The number of hydrogen-bond acceptors (Lipinski definition) is 1. The normalized spacial score (nSPS) is 10.1. The molecule has 1 aromatic heterocycles. The standard InChI is InChI=1S/C22H17N2.B.Y/c1-16-9-10-20(15-21(16)22-8-5-13-23-24(22)2)19-12-11-17-6-3-4-7-18(17)14-19;;/h3-13H,1-2H3;;/q-1;;. The van der Waals surface area contributed by atoms with Crippen LogP contribution in [0.25, 0.3) is 33.2 Å². The van der Waals surface area contributed by atoms with Crippen LogP contribution in [-0.2, 0) is 39.8 Å². The van der Waals surface area contributed by atoms with Crippen LogP contribution >= 0.6 is 0 Å². The molecule has 0 bridgehead atoms. The van der Waals surface area contributed by atoms with Gasteiger partial charge in [-0.25, -0.2) is 0 Å². The molecule has 4 heteroatoms. The first-order chi connectivity index (χ1) is 11.7. The van der Waals surface area contributed by atoms with E-state index in [9.17, 15) is 0 Å². The summed E-state index contributed by atoms with van der Waals surface area (Å²) in [6.45, 7) is 2.10. The zero-order valence-electron chi connectivity index (χ0n) is 14.9. The van der Waals surface area contributed by atoms with Crippen LogP contribution in [0.5, 0.6) is 0 Å². The average Bonchev–Trinajstić information content (AvgIpc) is 2.62. The second kappa shape index (κ2) is 8.70. The van der Waals surface area contributed by atoms with Gasteiger partial charge in [0.15, 0.2) is 12.7 Å². The van der Waals surface area contributed by atoms with Crippen molar-refractivity contribution in [2.75, 3.05) is 0 Å². The molecule has 4 aromatic rings. The average molecular weight is 409 g/mol. The molecule has 4 rings (SSSR count). The van der Waals surface area contributed by atoms with E-state index >= 15 is 0 Å². The molecule has 3 aromatic carbocycles. The zero-order valence-corrected chi connectivity index (χ0v) is 17.7. The quantitative estimate of drug-likeness (QED) is 0.279. The van der Waals surface area contributed by atoms with Gasteiger partial charge >= 0.3 is 0 Å². The third-order valence-electron chi connectivity index (χ3n) is 4.29. The number of hydrogen-bond donors (Lipinski definition) is 0. The molecule has 0 spiro atoms. The van der Waals surface area contributed by atoms with Crippen molar-refractivity contribution in [2.24, 2.45) is 7.05 Å². The molecule has 26 heavy (non-hydrogen) atoms. The van der Waals surface area contributed by atoms with Crippen LogP contribution in [0, 0.1) is 19.1 Å². The van der Waals surface area contributed by atoms with Crippen molar-refractivity contribution in [3.8, 4) is 22.4 Å². The van der Waals surface area contributed by atoms with E-state index in [0.29, 0.717) is 0 Å². The minimum Gasteiger partial charge on any atom is -0.183 e. The Hall–Kier alpha value is -1.83. The Bertz CT molecular complexity index is 1050. The number of fused-ring (bicyclic) bond motifs is 1. The summed E-state index contributed by atoms with van der Waals surface area (Å²) in [5, 5.41) is 6.65. The molecule has 122 valence electrons. The molecule has 4 radical (unpaired) electrons. The van der Waals surface area contributed by atoms with E-state index in [2.05, 4.69) is 66.6 Å². The van der Waals surface area contributed by atoms with Gasteiger partial charge in [-0.3, -0.25) is 0 Å². The summed E-state index contributed by atoms with van der Waals surface area (Å²) in [5.74, 6) is 0. The van der Waals surface area contributed by atoms with E-state index in [1.54, 1.807) is 6.20 Å². The minimum atomic E-state index is 0. The van der Waals surface area contributed by atoms with Crippen molar-refractivity contribution in [1.82, 2.24) is 5.10 Å². The Morgan fingerprint density at radius 3 is 2.38 bits per heavy atom. The number of benzene rings is 3. The Balaban J connectivity index is 0.00000121. The first-order valence-corrected chi connectivity index (χ1v) is 7.98. The van der Waals surface area contributed by atoms with Crippen LogP contribution < -0.4 is 4.68 Å². The van der Waals surface area contributed by atoms with Gasteiger partial charge in [0.25, 0.3) is 0 Å². The first kappa shape index (κ1) is 20.5. The van der Waals surface area contributed by atoms with Gasteiger partial charge in [0.05, 0.1) is 6.20 Å². The van der Waals surface area contributed by atoms with Crippen molar-refractivity contribution in [2.45, 2.75) is 6.92 Å². The molecule has 1 heterocycles. The zero-order chi connectivity index (χ0) is 16.5. The van der Waals surface area contributed by atoms with Crippen molar-refractivity contribution in [1.29, 1.82) is 0 Å². The number of rotatable bonds is 2. The molecule has 0 N–H and O–H groups in total. The van der Waals surface area contributed by atoms with Gasteiger partial charge in [-0.2, -0.15) is 35.4 Å². The van der Waals surface area contributed by atoms with Crippen molar-refractivity contribution in [3.63, 3.8) is 0 Å². The molecule has 0 atom stereocenters. The van der Waals surface area contributed by atoms with Crippen molar-refractivity contribution in [3.05, 3.63) is 84.6 Å². The second-order valence-electron chi connectivity index (χ2n) is 5.92. The van der Waals surface area contributed by atoms with Crippen LogP contribution in [0.15, 0.2) is 66.9 Å². The first-order valence-electron chi connectivity index (χ1n) is 7.98. The second-order valence-corrected chi connectivity index (χ2v) is 5.92. The van der Waals surface area contributed by atoms with Crippen LogP contribution in [0.3, 0.4) is 0 Å². The van der Waals surface area contributed by atoms with Gasteiger partial charge in [-0.05, 0) is 17.2 Å². The van der Waals surface area contributed by atoms with Gasteiger partial charge in [0.2, 0.25) is 0 Å². The molecule has 0 aliphatic carbocycles. The predicted molar refractivity (Wildman–Crippen MR) is 102 cm³/mol. The van der Waals surface area contributed by atoms with E-state index in [1.807, 2.05) is 29.9 Å². The third-order valence-corrected chi connectivity index (χ3v) is 4.29. The number of nitrogens with zero attached hydrogens (tertiary/aromatic N) is 2. The summed E-state index contributed by atoms with van der Waals surface area (Å²) < 4.78 is 1.88. The molecule has 0 unspecified atom stereocenters. The summed E-state index contributed by atoms with van der Waals surface area (Å²) >= 11 is 0. The molecule has 0 aliphatic rings. The van der Waals surface area contributed by atoms with Crippen LogP contribution in [0.4, 0.5) is 0 Å². The summed E-state index contributed by atoms with van der Waals surface area (Å²) in [6, 6.07) is 27.9. The maximum atomic E-state index is 4.33. The van der Waals surface area contributed by atoms with Crippen LogP contribution in [0.1, 0.15) is 5.56 Å². The Labute approximate surface area is 181 Å². The van der Waals surface area contributed by atoms with Crippen LogP contribution in [-0.4, -0.2) is 13.5 Å². The van der Waals surface area contributed by atoms with Gasteiger partial charge in [-0.1, -0.05) is 36.1 Å². The molecule has 0 aliphatic heterocycles. The monoisotopic (exact) mass is 409 g/mol. The Morgan fingerprint density at radius 2 is 1.58 bits per heavy atom. The topological polar surface area (TPSA) is 16.8 Å². The van der Waals surface area contributed by atoms with Crippen molar-refractivity contribution >= 4 is 19.2 Å². The Kier molecular flexibility index (Phi) is 6.86. The maximum Gasteiger partial charge on any atom is 0.175 e. The fraction of sp³-hybridized carbons (Fsp3) is 0.0909. The molecule has 0 saturated carbocycles.